The van der Waals surface area contributed by atoms with Gasteiger partial charge in [-0.05, 0) is 57.9 Å². The topological polar surface area (TPSA) is 82.6 Å². The van der Waals surface area contributed by atoms with Crippen LogP contribution >= 0.6 is 0 Å². The van der Waals surface area contributed by atoms with E-state index in [4.69, 9.17) is 14.7 Å². The number of carbonyl (C=O) groups excluding carboxylic acids is 1. The molecule has 0 radical (unpaired) electrons. The van der Waals surface area contributed by atoms with E-state index in [2.05, 4.69) is 34.3 Å². The third-order valence-corrected chi connectivity index (χ3v) is 7.81. The molecule has 0 bridgehead atoms. The number of nitrogens with zero attached hydrogens (tertiary/aromatic N) is 4. The lowest BCUT2D eigenvalue weighted by atomic mass is 9.60. The van der Waals surface area contributed by atoms with Crippen LogP contribution in [0.4, 0.5) is 16.3 Å². The number of amides is 2. The molecular weight excluding hydrogens is 416 g/mol. The van der Waals surface area contributed by atoms with Crippen LogP contribution < -0.4 is 15.5 Å². The van der Waals surface area contributed by atoms with Crippen LogP contribution in [-0.2, 0) is 11.2 Å². The van der Waals surface area contributed by atoms with Crippen molar-refractivity contribution in [3.05, 3.63) is 35.5 Å². The Morgan fingerprint density at radius 1 is 1.24 bits per heavy atom. The number of hydrogen-bond acceptors (Lipinski definition) is 6. The first-order chi connectivity index (χ1) is 16.0. The molecule has 0 spiro atoms. The van der Waals surface area contributed by atoms with Crippen molar-refractivity contribution < 1.29 is 9.53 Å². The number of fused-ring (bicyclic) bond motifs is 2. The van der Waals surface area contributed by atoms with Crippen LogP contribution in [0, 0.1) is 0 Å². The summed E-state index contributed by atoms with van der Waals surface area (Å²) in [6.07, 6.45) is 3.47. The molecule has 1 aromatic carbocycles. The maximum absolute atomic E-state index is 11.8. The number of nitrogens with one attached hydrogen (secondary N) is 2. The fraction of sp³-hybridized carbons (Fsp3) is 0.560. The van der Waals surface area contributed by atoms with Crippen molar-refractivity contribution in [2.75, 3.05) is 36.5 Å². The summed E-state index contributed by atoms with van der Waals surface area (Å²) in [5, 5.41) is 5.61. The van der Waals surface area contributed by atoms with Crippen LogP contribution in [-0.4, -0.2) is 64.8 Å². The third-order valence-electron chi connectivity index (χ3n) is 7.81. The minimum absolute atomic E-state index is 0.198. The zero-order chi connectivity index (χ0) is 22.7. The molecule has 2 aromatic rings. The number of rotatable bonds is 4. The van der Waals surface area contributed by atoms with E-state index in [1.165, 1.54) is 24.1 Å². The summed E-state index contributed by atoms with van der Waals surface area (Å²) in [6.45, 7) is 9.41. The Kier molecular flexibility index (Phi) is 4.85. The average molecular weight is 449 g/mol. The Morgan fingerprint density at radius 3 is 2.79 bits per heavy atom. The molecule has 2 amide bonds. The minimum atomic E-state index is -0.198. The van der Waals surface area contributed by atoms with Gasteiger partial charge in [0.15, 0.2) is 5.82 Å². The number of carbonyl (C=O) groups is 1. The molecule has 6 rings (SSSR count). The van der Waals surface area contributed by atoms with Gasteiger partial charge >= 0.3 is 6.03 Å². The predicted molar refractivity (Wildman–Crippen MR) is 128 cm³/mol. The number of piperidine rings is 1. The molecule has 0 aliphatic carbocycles. The number of ether oxygens (including phenoxy) is 1. The van der Waals surface area contributed by atoms with Crippen molar-refractivity contribution in [3.63, 3.8) is 0 Å². The molecule has 174 valence electrons. The SMILES string of the molecule is CCNC(=O)Nc1ccc(-c2nc3c(c(N4CCOC[C@@H]4C)n2)C2CC4(C)CC(C3)N24)cc1. The van der Waals surface area contributed by atoms with Crippen LogP contribution in [0.1, 0.15) is 50.9 Å². The molecule has 5 heterocycles. The summed E-state index contributed by atoms with van der Waals surface area (Å²) in [4.78, 5) is 27.2. The van der Waals surface area contributed by atoms with E-state index in [1.54, 1.807) is 0 Å². The first-order valence-electron chi connectivity index (χ1n) is 12.2. The average Bonchev–Trinajstić information content (AvgIpc) is 2.78. The molecule has 2 N–H and O–H groups in total. The number of urea groups is 1. The summed E-state index contributed by atoms with van der Waals surface area (Å²) in [6, 6.07) is 8.96. The Labute approximate surface area is 194 Å². The van der Waals surface area contributed by atoms with Gasteiger partial charge in [0.25, 0.3) is 0 Å². The summed E-state index contributed by atoms with van der Waals surface area (Å²) < 4.78 is 5.72. The number of anilines is 2. The summed E-state index contributed by atoms with van der Waals surface area (Å²) in [7, 11) is 0. The summed E-state index contributed by atoms with van der Waals surface area (Å²) >= 11 is 0. The molecule has 3 fully saturated rings. The summed E-state index contributed by atoms with van der Waals surface area (Å²) in [5.41, 5.74) is 4.66. The van der Waals surface area contributed by atoms with E-state index >= 15 is 0 Å². The fourth-order valence-corrected chi connectivity index (χ4v) is 6.32. The van der Waals surface area contributed by atoms with Gasteiger partial charge in [-0.3, -0.25) is 4.90 Å². The van der Waals surface area contributed by atoms with Gasteiger partial charge in [0.2, 0.25) is 0 Å². The molecule has 1 aromatic heterocycles. The van der Waals surface area contributed by atoms with E-state index in [-0.39, 0.29) is 12.1 Å². The van der Waals surface area contributed by atoms with Crippen molar-refractivity contribution in [1.29, 1.82) is 0 Å². The Balaban J connectivity index is 1.37. The highest BCUT2D eigenvalue weighted by Crippen LogP contribution is 2.62. The van der Waals surface area contributed by atoms with Crippen LogP contribution in [0.25, 0.3) is 11.4 Å². The maximum atomic E-state index is 11.8. The standard InChI is InChI=1S/C25H32N6O2/c1-4-26-24(32)27-17-7-5-16(6-8-17)22-28-19-11-18-12-25(3)13-20(31(18)25)21(19)23(29-22)30-9-10-33-14-15(30)2/h5-8,15,18,20H,4,9-14H2,1-3H3,(H2,26,27,32)/t15-,18?,20?,25?/m0/s1. The molecule has 4 aliphatic heterocycles. The van der Waals surface area contributed by atoms with Crippen molar-refractivity contribution in [3.8, 4) is 11.4 Å². The van der Waals surface area contributed by atoms with Gasteiger partial charge < -0.3 is 20.3 Å². The van der Waals surface area contributed by atoms with Gasteiger partial charge in [0.1, 0.15) is 5.82 Å². The number of hydrogen-bond donors (Lipinski definition) is 2. The number of aromatic nitrogens is 2. The Bertz CT molecular complexity index is 1090. The molecule has 33 heavy (non-hydrogen) atoms. The molecule has 4 atom stereocenters. The monoisotopic (exact) mass is 448 g/mol. The molecule has 3 saturated heterocycles. The van der Waals surface area contributed by atoms with E-state index in [0.29, 0.717) is 24.2 Å². The largest absolute Gasteiger partial charge is 0.377 e. The second kappa shape index (κ2) is 7.67. The highest BCUT2D eigenvalue weighted by atomic mass is 16.5. The van der Waals surface area contributed by atoms with E-state index in [0.717, 1.165) is 49.1 Å². The molecule has 0 saturated carbocycles. The Morgan fingerprint density at radius 2 is 2.06 bits per heavy atom. The minimum Gasteiger partial charge on any atom is -0.377 e. The van der Waals surface area contributed by atoms with E-state index in [9.17, 15) is 4.79 Å². The maximum Gasteiger partial charge on any atom is 0.319 e. The highest BCUT2D eigenvalue weighted by molar-refractivity contribution is 5.89. The van der Waals surface area contributed by atoms with Gasteiger partial charge in [-0.15, -0.1) is 0 Å². The second-order valence-corrected chi connectivity index (χ2v) is 10.1. The van der Waals surface area contributed by atoms with Crippen LogP contribution in [0.3, 0.4) is 0 Å². The fourth-order valence-electron chi connectivity index (χ4n) is 6.32. The van der Waals surface area contributed by atoms with E-state index < -0.39 is 0 Å². The van der Waals surface area contributed by atoms with E-state index in [1.807, 2.05) is 31.2 Å². The first kappa shape index (κ1) is 20.9. The van der Waals surface area contributed by atoms with Gasteiger partial charge in [0, 0.05) is 53.9 Å². The first-order valence-corrected chi connectivity index (χ1v) is 12.2. The van der Waals surface area contributed by atoms with Crippen molar-refractivity contribution in [2.24, 2.45) is 0 Å². The molecule has 3 unspecified atom stereocenters. The quantitative estimate of drug-likeness (QED) is 0.747. The highest BCUT2D eigenvalue weighted by Gasteiger charge is 2.63. The summed E-state index contributed by atoms with van der Waals surface area (Å²) in [5.74, 6) is 1.86. The predicted octanol–water partition coefficient (Wildman–Crippen LogP) is 3.34. The number of benzene rings is 1. The lowest BCUT2D eigenvalue weighted by Crippen LogP contribution is -2.75. The zero-order valence-corrected chi connectivity index (χ0v) is 19.6. The Hall–Kier alpha value is -2.71. The molecular formula is C25H32N6O2. The van der Waals surface area contributed by atoms with Crippen molar-refractivity contribution in [1.82, 2.24) is 20.2 Å². The lowest BCUT2D eigenvalue weighted by molar-refractivity contribution is -0.198. The molecule has 8 heteroatoms. The van der Waals surface area contributed by atoms with Crippen LogP contribution in [0.2, 0.25) is 0 Å². The zero-order valence-electron chi connectivity index (χ0n) is 19.6. The van der Waals surface area contributed by atoms with Crippen LogP contribution in [0.15, 0.2) is 24.3 Å². The van der Waals surface area contributed by atoms with Gasteiger partial charge in [-0.1, -0.05) is 0 Å². The van der Waals surface area contributed by atoms with Crippen molar-refractivity contribution in [2.45, 2.75) is 63.7 Å². The second-order valence-electron chi connectivity index (χ2n) is 10.1. The van der Waals surface area contributed by atoms with Crippen molar-refractivity contribution >= 4 is 17.5 Å². The van der Waals surface area contributed by atoms with Crippen LogP contribution in [0.5, 0.6) is 0 Å². The normalized spacial score (nSPS) is 29.9. The van der Waals surface area contributed by atoms with Gasteiger partial charge in [-0.2, -0.15) is 0 Å². The number of morpholine rings is 1. The van der Waals surface area contributed by atoms with Gasteiger partial charge in [-0.25, -0.2) is 14.8 Å². The lowest BCUT2D eigenvalue weighted by Gasteiger charge is -2.71. The smallest absolute Gasteiger partial charge is 0.319 e. The van der Waals surface area contributed by atoms with Gasteiger partial charge in [0.05, 0.1) is 24.9 Å². The molecule has 8 nitrogen and oxygen atoms in total. The third kappa shape index (κ3) is 3.30. The molecule has 4 aliphatic rings.